The van der Waals surface area contributed by atoms with Gasteiger partial charge in [0, 0.05) is 0 Å². The summed E-state index contributed by atoms with van der Waals surface area (Å²) in [5.74, 6) is -52.1. The summed E-state index contributed by atoms with van der Waals surface area (Å²) in [7, 11) is -5.81. The normalized spacial score (nSPS) is 15.9. The van der Waals surface area contributed by atoms with Gasteiger partial charge in [0.1, 0.15) is 0 Å². The molecule has 0 rings (SSSR count). The second kappa shape index (κ2) is 10.8. The van der Waals surface area contributed by atoms with Crippen LogP contribution in [0.2, 0.25) is 0 Å². The molecule has 22 heteroatoms. The van der Waals surface area contributed by atoms with Crippen LogP contribution in [0, 0.1) is 0 Å². The van der Waals surface area contributed by atoms with E-state index in [1.807, 2.05) is 0 Å². The highest BCUT2D eigenvalue weighted by Crippen LogP contribution is 2.64. The van der Waals surface area contributed by atoms with Gasteiger partial charge in [-0.05, 0) is 34.6 Å². The number of halogens is 17. The Labute approximate surface area is 210 Å². The molecule has 0 spiro atoms. The van der Waals surface area contributed by atoms with E-state index in [0.29, 0.717) is 0 Å². The maximum atomic E-state index is 13.0. The van der Waals surface area contributed by atoms with Gasteiger partial charge in [0.05, 0.1) is 25.7 Å². The molecule has 0 aromatic carbocycles. The molecule has 0 N–H and O–H groups in total. The predicted octanol–water partition coefficient (Wildman–Crippen LogP) is 6.77. The van der Waals surface area contributed by atoms with Gasteiger partial charge in [0.15, 0.2) is 10.1 Å². The summed E-state index contributed by atoms with van der Waals surface area (Å²) >= 11 is 0. The standard InChI is InChI=1S/C9H22N.C8HF17O3S/c1-7-10(6,8(2)3)9(4)5;9-1(10,3(13,14)5(17,18)7(21,22)23)2(11,12)4(15,16)6(19,20)8(24,25)29(26,27)28/h8-9H,7H2,1-6H3;(H,26,27,28)/q+1;/p-1. The Balaban J connectivity index is 0. The van der Waals surface area contributed by atoms with E-state index in [2.05, 4.69) is 41.7 Å². The minimum absolute atomic E-state index is 0.741. The van der Waals surface area contributed by atoms with Gasteiger partial charge >= 0.3 is 47.0 Å². The predicted molar refractivity (Wildman–Crippen MR) is 97.4 cm³/mol. The van der Waals surface area contributed by atoms with Crippen molar-refractivity contribution in [1.82, 2.24) is 0 Å². The first-order valence-electron chi connectivity index (χ1n) is 9.96. The molecule has 0 unspecified atom stereocenters. The van der Waals surface area contributed by atoms with Crippen LogP contribution < -0.4 is 0 Å². The molecule has 0 aliphatic carbocycles. The van der Waals surface area contributed by atoms with Crippen LogP contribution in [0.3, 0.4) is 0 Å². The van der Waals surface area contributed by atoms with Crippen molar-refractivity contribution in [2.75, 3.05) is 13.6 Å². The van der Waals surface area contributed by atoms with E-state index in [1.165, 1.54) is 11.0 Å². The van der Waals surface area contributed by atoms with Crippen LogP contribution >= 0.6 is 0 Å². The van der Waals surface area contributed by atoms with Gasteiger partial charge in [-0.1, -0.05) is 0 Å². The first kappa shape index (κ1) is 39.8. The van der Waals surface area contributed by atoms with Crippen LogP contribution in [0.1, 0.15) is 34.6 Å². The molecular formula is C17H22F17NO3S. The Hall–Kier alpha value is -1.32. The van der Waals surface area contributed by atoms with E-state index in [-0.39, 0.29) is 0 Å². The van der Waals surface area contributed by atoms with E-state index >= 15 is 0 Å². The summed E-state index contributed by atoms with van der Waals surface area (Å²) in [5.41, 5.74) is 0. The molecule has 238 valence electrons. The first-order valence-corrected chi connectivity index (χ1v) is 11.4. The molecule has 0 aliphatic heterocycles. The van der Waals surface area contributed by atoms with Crippen molar-refractivity contribution in [3.63, 3.8) is 0 Å². The van der Waals surface area contributed by atoms with Gasteiger partial charge in [-0.2, -0.15) is 74.6 Å². The number of quaternary nitrogens is 1. The number of alkyl halides is 17. The highest BCUT2D eigenvalue weighted by Gasteiger charge is 2.95. The van der Waals surface area contributed by atoms with Crippen LogP contribution in [0.25, 0.3) is 0 Å². The Kier molecular flexibility index (Phi) is 11.1. The quantitative estimate of drug-likeness (QED) is 0.150. The number of hydrogen-bond acceptors (Lipinski definition) is 3. The van der Waals surface area contributed by atoms with Crippen molar-refractivity contribution < 1.29 is 92.1 Å². The topological polar surface area (TPSA) is 57.2 Å². The molecular weight excluding hydrogens is 621 g/mol. The van der Waals surface area contributed by atoms with Crippen molar-refractivity contribution in [3.8, 4) is 0 Å². The first-order chi connectivity index (χ1) is 16.4. The number of hydrogen-bond donors (Lipinski definition) is 0. The van der Waals surface area contributed by atoms with Gasteiger partial charge in [-0.25, -0.2) is 8.42 Å². The van der Waals surface area contributed by atoms with Crippen molar-refractivity contribution in [2.24, 2.45) is 0 Å². The van der Waals surface area contributed by atoms with Crippen LogP contribution in [0.5, 0.6) is 0 Å². The maximum Gasteiger partial charge on any atom is 0.460 e. The lowest BCUT2D eigenvalue weighted by molar-refractivity contribution is -0.947. The molecule has 0 radical (unpaired) electrons. The average molecular weight is 643 g/mol. The highest BCUT2D eigenvalue weighted by atomic mass is 32.2. The van der Waals surface area contributed by atoms with Gasteiger partial charge in [0.25, 0.3) is 0 Å². The van der Waals surface area contributed by atoms with E-state index < -0.39 is 57.1 Å². The molecule has 0 fully saturated rings. The largest absolute Gasteiger partial charge is 0.743 e. The summed E-state index contributed by atoms with van der Waals surface area (Å²) in [6, 6.07) is 1.48. The zero-order chi connectivity index (χ0) is 32.9. The molecule has 0 saturated carbocycles. The summed E-state index contributed by atoms with van der Waals surface area (Å²) in [6.07, 6.45) is -7.89. The summed E-state index contributed by atoms with van der Waals surface area (Å²) in [4.78, 5) is 0. The zero-order valence-electron chi connectivity index (χ0n) is 20.4. The van der Waals surface area contributed by atoms with E-state index in [1.54, 1.807) is 0 Å². The Morgan fingerprint density at radius 1 is 0.564 bits per heavy atom. The van der Waals surface area contributed by atoms with Gasteiger partial charge in [0.2, 0.25) is 0 Å². The van der Waals surface area contributed by atoms with Gasteiger partial charge < -0.3 is 9.04 Å². The summed E-state index contributed by atoms with van der Waals surface area (Å²) in [5, 5.41) is -7.95. The lowest BCUT2D eigenvalue weighted by Crippen LogP contribution is -2.75. The molecule has 0 aromatic heterocycles. The highest BCUT2D eigenvalue weighted by molar-refractivity contribution is 7.86. The fraction of sp³-hybridized carbons (Fsp3) is 1.00. The van der Waals surface area contributed by atoms with Crippen LogP contribution in [0.15, 0.2) is 0 Å². The van der Waals surface area contributed by atoms with Crippen LogP contribution in [-0.4, -0.2) is 90.1 Å². The third kappa shape index (κ3) is 6.01. The second-order valence-corrected chi connectivity index (χ2v) is 10.2. The van der Waals surface area contributed by atoms with Crippen molar-refractivity contribution in [3.05, 3.63) is 0 Å². The van der Waals surface area contributed by atoms with Crippen molar-refractivity contribution in [1.29, 1.82) is 0 Å². The maximum absolute atomic E-state index is 13.0. The molecule has 0 aliphatic rings. The third-order valence-corrected chi connectivity index (χ3v) is 6.93. The molecule has 0 atom stereocenters. The lowest BCUT2D eigenvalue weighted by Gasteiger charge is -2.42. The van der Waals surface area contributed by atoms with Gasteiger partial charge in [-0.3, -0.25) is 0 Å². The zero-order valence-corrected chi connectivity index (χ0v) is 21.2. The molecule has 39 heavy (non-hydrogen) atoms. The second-order valence-electron chi connectivity index (χ2n) is 8.77. The molecule has 4 nitrogen and oxygen atoms in total. The SMILES string of the molecule is CC[N+](C)(C(C)C)C(C)C.O=S(=O)([O-])C(F)(F)C(F)(F)C(F)(F)C(F)(F)C(F)(F)C(F)(F)C(F)(F)C(F)(F)F. The molecule has 0 aromatic rings. The van der Waals surface area contributed by atoms with Gasteiger partial charge in [-0.15, -0.1) is 0 Å². The van der Waals surface area contributed by atoms with Crippen LogP contribution in [0.4, 0.5) is 74.6 Å². The average Bonchev–Trinajstić information content (AvgIpc) is 2.70. The summed E-state index contributed by atoms with van der Waals surface area (Å²) in [6.45, 7) is 12.7. The van der Waals surface area contributed by atoms with E-state index in [4.69, 9.17) is 0 Å². The Morgan fingerprint density at radius 3 is 0.949 bits per heavy atom. The molecule has 0 heterocycles. The van der Waals surface area contributed by atoms with E-state index in [9.17, 15) is 87.6 Å². The molecule has 0 saturated heterocycles. The smallest absolute Gasteiger partial charge is 0.460 e. The summed E-state index contributed by atoms with van der Waals surface area (Å²) < 4.78 is 245. The lowest BCUT2D eigenvalue weighted by atomic mass is 9.91. The number of rotatable bonds is 10. The van der Waals surface area contributed by atoms with Crippen LogP contribution in [-0.2, 0) is 10.1 Å². The molecule has 0 bridgehead atoms. The van der Waals surface area contributed by atoms with Crippen molar-refractivity contribution >= 4 is 10.1 Å². The van der Waals surface area contributed by atoms with Crippen molar-refractivity contribution in [2.45, 2.75) is 93.7 Å². The Bertz CT molecular complexity index is 935. The Morgan fingerprint density at radius 2 is 0.795 bits per heavy atom. The fourth-order valence-corrected chi connectivity index (χ4v) is 3.08. The minimum atomic E-state index is -8.92. The fourth-order valence-electron chi connectivity index (χ4n) is 2.63. The van der Waals surface area contributed by atoms with E-state index in [0.717, 1.165) is 12.1 Å². The molecule has 0 amide bonds. The number of nitrogens with zero attached hydrogens (tertiary/aromatic N) is 1. The monoisotopic (exact) mass is 643 g/mol. The minimum Gasteiger partial charge on any atom is -0.743 e. The third-order valence-electron chi connectivity index (χ3n) is 6.05.